The van der Waals surface area contributed by atoms with Crippen molar-refractivity contribution in [2.45, 2.75) is 51.3 Å². The van der Waals surface area contributed by atoms with Crippen LogP contribution in [0.4, 0.5) is 22.4 Å². The fourth-order valence-electron chi connectivity index (χ4n) is 4.96. The molecule has 0 bridgehead atoms. The Morgan fingerprint density at radius 2 is 1.89 bits per heavy atom. The van der Waals surface area contributed by atoms with Gasteiger partial charge in [0.25, 0.3) is 0 Å². The van der Waals surface area contributed by atoms with Gasteiger partial charge in [0.1, 0.15) is 24.6 Å². The molecule has 0 aliphatic carbocycles. The molecule has 12 heteroatoms. The molecular formula is C26H28F4N4O4. The summed E-state index contributed by atoms with van der Waals surface area (Å²) >= 11 is 0. The van der Waals surface area contributed by atoms with Crippen molar-refractivity contribution in [2.75, 3.05) is 19.6 Å². The maximum absolute atomic E-state index is 13.7. The number of hydrogen-bond donors (Lipinski definition) is 1. The van der Waals surface area contributed by atoms with Crippen LogP contribution in [-0.4, -0.2) is 64.4 Å². The number of piperazine rings is 1. The first-order valence-electron chi connectivity index (χ1n) is 12.1. The van der Waals surface area contributed by atoms with E-state index in [2.05, 4.69) is 0 Å². The lowest BCUT2D eigenvalue weighted by atomic mass is 10.0. The van der Waals surface area contributed by atoms with Gasteiger partial charge in [0.05, 0.1) is 12.1 Å². The van der Waals surface area contributed by atoms with Crippen LogP contribution < -0.4 is 5.73 Å². The molecule has 8 nitrogen and oxygen atoms in total. The van der Waals surface area contributed by atoms with Crippen molar-refractivity contribution >= 4 is 17.9 Å². The molecule has 3 amide bonds. The van der Waals surface area contributed by atoms with E-state index in [9.17, 15) is 31.9 Å². The zero-order valence-corrected chi connectivity index (χ0v) is 20.7. The number of amides is 3. The number of hydrogen-bond acceptors (Lipinski definition) is 5. The van der Waals surface area contributed by atoms with Crippen molar-refractivity contribution < 1.29 is 36.7 Å². The van der Waals surface area contributed by atoms with Crippen molar-refractivity contribution in [3.8, 4) is 0 Å². The van der Waals surface area contributed by atoms with Gasteiger partial charge in [0.2, 0.25) is 11.8 Å². The minimum absolute atomic E-state index is 0.0117. The first-order chi connectivity index (χ1) is 18.0. The highest BCUT2D eigenvalue weighted by molar-refractivity contribution is 5.90. The maximum Gasteiger partial charge on any atom is 0.416 e. The SMILES string of the molecule is Cc1cc(COC(=O)N2CCC(=O)N3[C@@H]2CN(Cc2cccc(F)c2)C(=O)[C@@H]3CCN)cc(C(F)(F)F)c1. The van der Waals surface area contributed by atoms with Crippen LogP contribution in [0.15, 0.2) is 42.5 Å². The molecule has 2 aromatic rings. The molecule has 2 saturated heterocycles. The predicted octanol–water partition coefficient (Wildman–Crippen LogP) is 3.41. The van der Waals surface area contributed by atoms with Crippen molar-refractivity contribution in [3.63, 3.8) is 0 Å². The second-order valence-electron chi connectivity index (χ2n) is 9.43. The lowest BCUT2D eigenvalue weighted by molar-refractivity contribution is -0.168. The first kappa shape index (κ1) is 27.4. The van der Waals surface area contributed by atoms with E-state index >= 15 is 0 Å². The van der Waals surface area contributed by atoms with Gasteiger partial charge >= 0.3 is 12.3 Å². The number of carbonyl (C=O) groups is 3. The van der Waals surface area contributed by atoms with Crippen LogP contribution in [0, 0.1) is 12.7 Å². The highest BCUT2D eigenvalue weighted by Gasteiger charge is 2.48. The molecule has 0 unspecified atom stereocenters. The zero-order valence-electron chi connectivity index (χ0n) is 20.7. The predicted molar refractivity (Wildman–Crippen MR) is 128 cm³/mol. The Morgan fingerprint density at radius 1 is 1.13 bits per heavy atom. The zero-order chi connectivity index (χ0) is 27.6. The summed E-state index contributed by atoms with van der Waals surface area (Å²) < 4.78 is 58.7. The average Bonchev–Trinajstić information content (AvgIpc) is 2.84. The number of fused-ring (bicyclic) bond motifs is 1. The number of halogens is 4. The second kappa shape index (κ2) is 11.0. The van der Waals surface area contributed by atoms with E-state index < -0.39 is 42.5 Å². The molecule has 0 saturated carbocycles. The molecule has 204 valence electrons. The maximum atomic E-state index is 13.7. The van der Waals surface area contributed by atoms with Gasteiger partial charge in [-0.25, -0.2) is 9.18 Å². The molecule has 0 aromatic heterocycles. The fourth-order valence-corrected chi connectivity index (χ4v) is 4.96. The van der Waals surface area contributed by atoms with Crippen molar-refractivity contribution in [1.82, 2.24) is 14.7 Å². The van der Waals surface area contributed by atoms with Gasteiger partial charge in [-0.15, -0.1) is 0 Å². The number of aryl methyl sites for hydroxylation is 1. The number of rotatable bonds is 6. The average molecular weight is 537 g/mol. The lowest BCUT2D eigenvalue weighted by Crippen LogP contribution is -2.71. The number of benzene rings is 2. The highest BCUT2D eigenvalue weighted by Crippen LogP contribution is 2.31. The third-order valence-corrected chi connectivity index (χ3v) is 6.62. The van der Waals surface area contributed by atoms with Gasteiger partial charge in [0.15, 0.2) is 0 Å². The van der Waals surface area contributed by atoms with Gasteiger partial charge in [-0.1, -0.05) is 23.8 Å². The molecule has 0 radical (unpaired) electrons. The molecular weight excluding hydrogens is 508 g/mol. The number of ether oxygens (including phenoxy) is 1. The molecule has 2 aliphatic rings. The summed E-state index contributed by atoms with van der Waals surface area (Å²) in [7, 11) is 0. The van der Waals surface area contributed by atoms with E-state index in [1.54, 1.807) is 6.07 Å². The minimum Gasteiger partial charge on any atom is -0.444 e. The van der Waals surface area contributed by atoms with Crippen LogP contribution in [0.3, 0.4) is 0 Å². The first-order valence-corrected chi connectivity index (χ1v) is 12.1. The monoisotopic (exact) mass is 536 g/mol. The van der Waals surface area contributed by atoms with Crippen molar-refractivity contribution in [2.24, 2.45) is 5.73 Å². The molecule has 2 aromatic carbocycles. The van der Waals surface area contributed by atoms with Crippen LogP contribution >= 0.6 is 0 Å². The topological polar surface area (TPSA) is 96.2 Å². The molecule has 2 N–H and O–H groups in total. The summed E-state index contributed by atoms with van der Waals surface area (Å²) in [5.41, 5.74) is 5.95. The normalized spacial score (nSPS) is 20.0. The van der Waals surface area contributed by atoms with E-state index in [0.29, 0.717) is 11.1 Å². The number of alkyl halides is 3. The molecule has 2 atom stereocenters. The van der Waals surface area contributed by atoms with E-state index in [4.69, 9.17) is 10.5 Å². The lowest BCUT2D eigenvalue weighted by Gasteiger charge is -2.51. The number of carbonyl (C=O) groups excluding carboxylic acids is 3. The summed E-state index contributed by atoms with van der Waals surface area (Å²) in [5.74, 6) is -1.14. The van der Waals surface area contributed by atoms with Crippen LogP contribution in [0.2, 0.25) is 0 Å². The Kier molecular flexibility index (Phi) is 7.91. The Bertz CT molecular complexity index is 1220. The third-order valence-electron chi connectivity index (χ3n) is 6.62. The summed E-state index contributed by atoms with van der Waals surface area (Å²) in [6, 6.07) is 8.26. The minimum atomic E-state index is -4.55. The van der Waals surface area contributed by atoms with Crippen LogP contribution in [-0.2, 0) is 33.7 Å². The smallest absolute Gasteiger partial charge is 0.416 e. The highest BCUT2D eigenvalue weighted by atomic mass is 19.4. The van der Waals surface area contributed by atoms with Gasteiger partial charge in [0, 0.05) is 19.5 Å². The molecule has 38 heavy (non-hydrogen) atoms. The van der Waals surface area contributed by atoms with Crippen LogP contribution in [0.25, 0.3) is 0 Å². The number of nitrogens with two attached hydrogens (primary N) is 1. The Hall–Kier alpha value is -3.67. The van der Waals surface area contributed by atoms with Crippen molar-refractivity contribution in [3.05, 3.63) is 70.5 Å². The molecule has 2 fully saturated rings. The molecule has 2 heterocycles. The van der Waals surface area contributed by atoms with Crippen molar-refractivity contribution in [1.29, 1.82) is 0 Å². The molecule has 2 aliphatic heterocycles. The summed E-state index contributed by atoms with van der Waals surface area (Å²) in [6.07, 6.45) is -6.13. The summed E-state index contributed by atoms with van der Waals surface area (Å²) in [5, 5.41) is 0. The Labute approximate surface area is 216 Å². The van der Waals surface area contributed by atoms with Gasteiger partial charge in [-0.3, -0.25) is 14.5 Å². The summed E-state index contributed by atoms with van der Waals surface area (Å²) in [6.45, 7) is 1.25. The van der Waals surface area contributed by atoms with Gasteiger partial charge in [-0.05, 0) is 55.3 Å². The van der Waals surface area contributed by atoms with E-state index in [1.165, 1.54) is 45.9 Å². The Morgan fingerprint density at radius 3 is 2.58 bits per heavy atom. The molecule has 4 rings (SSSR count). The summed E-state index contributed by atoms with van der Waals surface area (Å²) in [4.78, 5) is 43.4. The number of nitrogens with zero attached hydrogens (tertiary/aromatic N) is 3. The third kappa shape index (κ3) is 5.90. The second-order valence-corrected chi connectivity index (χ2v) is 9.43. The Balaban J connectivity index is 1.55. The largest absolute Gasteiger partial charge is 0.444 e. The van der Waals surface area contributed by atoms with Crippen LogP contribution in [0.1, 0.15) is 35.1 Å². The quantitative estimate of drug-likeness (QED) is 0.571. The standard InChI is InChI=1S/C26H28F4N4O4/c1-16-9-18(11-19(10-16)26(28,29)30)15-38-25(37)33-8-6-23(35)34-21(5-7-31)24(36)32(14-22(33)34)13-17-3-2-4-20(27)12-17/h2-4,9-12,21-22H,5-8,13-15,31H2,1H3/t21-,22+/m0/s1. The van der Waals surface area contributed by atoms with Gasteiger partial charge < -0.3 is 20.3 Å². The van der Waals surface area contributed by atoms with E-state index in [-0.39, 0.29) is 56.4 Å². The van der Waals surface area contributed by atoms with E-state index in [1.807, 2.05) is 0 Å². The van der Waals surface area contributed by atoms with Crippen LogP contribution in [0.5, 0.6) is 0 Å². The fraction of sp³-hybridized carbons (Fsp3) is 0.423. The van der Waals surface area contributed by atoms with Gasteiger partial charge in [-0.2, -0.15) is 13.2 Å². The molecule has 0 spiro atoms. The van der Waals surface area contributed by atoms with E-state index in [0.717, 1.165) is 12.1 Å².